The van der Waals surface area contributed by atoms with Crippen LogP contribution in [-0.4, -0.2) is 12.5 Å². The summed E-state index contributed by atoms with van der Waals surface area (Å²) in [6, 6.07) is 7.70. The van der Waals surface area contributed by atoms with Gasteiger partial charge in [0.1, 0.15) is 6.07 Å². The number of nitrogens with zero attached hydrogens (tertiary/aromatic N) is 2. The number of benzene rings is 1. The van der Waals surface area contributed by atoms with E-state index in [0.717, 1.165) is 24.2 Å². The number of anilines is 1. The van der Waals surface area contributed by atoms with Gasteiger partial charge in [0.15, 0.2) is 0 Å². The Bertz CT molecular complexity index is 445. The van der Waals surface area contributed by atoms with Gasteiger partial charge in [-0.05, 0) is 31.0 Å². The van der Waals surface area contributed by atoms with Crippen molar-refractivity contribution < 1.29 is 4.79 Å². The monoisotopic (exact) mass is 200 g/mol. The SMILES string of the molecule is Cc1ccc(C#N)c(N2CCCC2=O)c1. The van der Waals surface area contributed by atoms with E-state index in [2.05, 4.69) is 6.07 Å². The molecule has 1 saturated heterocycles. The number of hydrogen-bond acceptors (Lipinski definition) is 2. The molecule has 3 heteroatoms. The summed E-state index contributed by atoms with van der Waals surface area (Å²) < 4.78 is 0. The molecule has 0 aromatic heterocycles. The van der Waals surface area contributed by atoms with Crippen LogP contribution in [0.5, 0.6) is 0 Å². The maximum absolute atomic E-state index is 11.6. The van der Waals surface area contributed by atoms with Gasteiger partial charge in [-0.25, -0.2) is 0 Å². The second-order valence-corrected chi connectivity index (χ2v) is 3.78. The van der Waals surface area contributed by atoms with E-state index in [0.29, 0.717) is 12.0 Å². The molecule has 0 radical (unpaired) electrons. The summed E-state index contributed by atoms with van der Waals surface area (Å²) in [7, 11) is 0. The normalized spacial score (nSPS) is 15.5. The first-order chi connectivity index (χ1) is 7.22. The predicted octanol–water partition coefficient (Wildman–Crippen LogP) is 1.99. The lowest BCUT2D eigenvalue weighted by molar-refractivity contribution is -0.117. The van der Waals surface area contributed by atoms with Crippen molar-refractivity contribution in [3.8, 4) is 6.07 Å². The highest BCUT2D eigenvalue weighted by Gasteiger charge is 2.23. The van der Waals surface area contributed by atoms with Crippen molar-refractivity contribution in [2.45, 2.75) is 19.8 Å². The number of aryl methyl sites for hydroxylation is 1. The predicted molar refractivity (Wildman–Crippen MR) is 57.5 cm³/mol. The molecule has 1 fully saturated rings. The van der Waals surface area contributed by atoms with E-state index in [-0.39, 0.29) is 5.91 Å². The molecular formula is C12H12N2O. The summed E-state index contributed by atoms with van der Waals surface area (Å²) in [5, 5.41) is 8.97. The van der Waals surface area contributed by atoms with Crippen molar-refractivity contribution >= 4 is 11.6 Å². The standard InChI is InChI=1S/C12H12N2O/c1-9-4-5-10(8-13)11(7-9)14-6-2-3-12(14)15/h4-5,7H,2-3,6H2,1H3. The van der Waals surface area contributed by atoms with Crippen LogP contribution >= 0.6 is 0 Å². The molecule has 1 amide bonds. The number of carbonyl (C=O) groups excluding carboxylic acids is 1. The van der Waals surface area contributed by atoms with Crippen LogP contribution in [0.25, 0.3) is 0 Å². The molecule has 1 heterocycles. The quantitative estimate of drug-likeness (QED) is 0.695. The van der Waals surface area contributed by atoms with Crippen LogP contribution < -0.4 is 4.90 Å². The van der Waals surface area contributed by atoms with Gasteiger partial charge in [-0.3, -0.25) is 4.79 Å². The lowest BCUT2D eigenvalue weighted by Gasteiger charge is -2.17. The Morgan fingerprint density at radius 3 is 2.87 bits per heavy atom. The molecule has 0 saturated carbocycles. The second kappa shape index (κ2) is 3.74. The van der Waals surface area contributed by atoms with Gasteiger partial charge in [0.25, 0.3) is 0 Å². The average Bonchev–Trinajstić information content (AvgIpc) is 2.64. The molecule has 15 heavy (non-hydrogen) atoms. The smallest absolute Gasteiger partial charge is 0.227 e. The van der Waals surface area contributed by atoms with E-state index in [1.807, 2.05) is 19.1 Å². The fourth-order valence-corrected chi connectivity index (χ4v) is 1.86. The maximum Gasteiger partial charge on any atom is 0.227 e. The van der Waals surface area contributed by atoms with Crippen molar-refractivity contribution in [2.75, 3.05) is 11.4 Å². The molecule has 0 aliphatic carbocycles. The molecule has 0 spiro atoms. The van der Waals surface area contributed by atoms with E-state index < -0.39 is 0 Å². The van der Waals surface area contributed by atoms with E-state index in [9.17, 15) is 4.79 Å². The number of amides is 1. The zero-order chi connectivity index (χ0) is 10.8. The third-order valence-corrected chi connectivity index (χ3v) is 2.64. The third-order valence-electron chi connectivity index (χ3n) is 2.64. The lowest BCUT2D eigenvalue weighted by atomic mass is 10.1. The zero-order valence-corrected chi connectivity index (χ0v) is 8.66. The fourth-order valence-electron chi connectivity index (χ4n) is 1.86. The minimum atomic E-state index is 0.122. The summed E-state index contributed by atoms with van der Waals surface area (Å²) in [6.07, 6.45) is 1.48. The number of hydrogen-bond donors (Lipinski definition) is 0. The minimum Gasteiger partial charge on any atom is -0.311 e. The topological polar surface area (TPSA) is 44.1 Å². The molecule has 0 unspecified atom stereocenters. The summed E-state index contributed by atoms with van der Waals surface area (Å²) in [6.45, 7) is 2.70. The van der Waals surface area contributed by atoms with Crippen LogP contribution in [0.1, 0.15) is 24.0 Å². The summed E-state index contributed by atoms with van der Waals surface area (Å²) in [5.74, 6) is 0.122. The Morgan fingerprint density at radius 1 is 1.47 bits per heavy atom. The van der Waals surface area contributed by atoms with Crippen molar-refractivity contribution in [1.29, 1.82) is 5.26 Å². The first-order valence-corrected chi connectivity index (χ1v) is 5.03. The zero-order valence-electron chi connectivity index (χ0n) is 8.66. The highest BCUT2D eigenvalue weighted by molar-refractivity contribution is 5.96. The van der Waals surface area contributed by atoms with Crippen LogP contribution in [0.2, 0.25) is 0 Å². The van der Waals surface area contributed by atoms with Gasteiger partial charge >= 0.3 is 0 Å². The molecule has 1 aromatic carbocycles. The Labute approximate surface area is 88.9 Å². The molecule has 0 N–H and O–H groups in total. The molecule has 1 aromatic rings. The maximum atomic E-state index is 11.6. The summed E-state index contributed by atoms with van der Waals surface area (Å²) in [5.41, 5.74) is 2.42. The largest absolute Gasteiger partial charge is 0.311 e. The van der Waals surface area contributed by atoms with Gasteiger partial charge in [0.05, 0.1) is 11.3 Å². The molecular weight excluding hydrogens is 188 g/mol. The van der Waals surface area contributed by atoms with Crippen LogP contribution in [0.15, 0.2) is 18.2 Å². The van der Waals surface area contributed by atoms with Crippen LogP contribution in [-0.2, 0) is 4.79 Å². The Balaban J connectivity index is 2.46. The van der Waals surface area contributed by atoms with Gasteiger partial charge in [-0.1, -0.05) is 6.07 Å². The number of nitriles is 1. The fraction of sp³-hybridized carbons (Fsp3) is 0.333. The summed E-state index contributed by atoms with van der Waals surface area (Å²) >= 11 is 0. The molecule has 0 atom stereocenters. The van der Waals surface area contributed by atoms with E-state index in [1.165, 1.54) is 0 Å². The first-order valence-electron chi connectivity index (χ1n) is 5.03. The van der Waals surface area contributed by atoms with Crippen molar-refractivity contribution in [1.82, 2.24) is 0 Å². The van der Waals surface area contributed by atoms with Gasteiger partial charge in [-0.2, -0.15) is 5.26 Å². The number of carbonyl (C=O) groups is 1. The van der Waals surface area contributed by atoms with Gasteiger partial charge < -0.3 is 4.90 Å². The highest BCUT2D eigenvalue weighted by atomic mass is 16.2. The molecule has 3 nitrogen and oxygen atoms in total. The van der Waals surface area contributed by atoms with Gasteiger partial charge in [-0.15, -0.1) is 0 Å². The van der Waals surface area contributed by atoms with Gasteiger partial charge in [0, 0.05) is 13.0 Å². The van der Waals surface area contributed by atoms with Crippen LogP contribution in [0, 0.1) is 18.3 Å². The highest BCUT2D eigenvalue weighted by Crippen LogP contribution is 2.25. The minimum absolute atomic E-state index is 0.122. The van der Waals surface area contributed by atoms with Gasteiger partial charge in [0.2, 0.25) is 5.91 Å². The number of rotatable bonds is 1. The van der Waals surface area contributed by atoms with Crippen LogP contribution in [0.4, 0.5) is 5.69 Å². The molecule has 0 bridgehead atoms. The molecule has 2 rings (SSSR count). The van der Waals surface area contributed by atoms with Crippen molar-refractivity contribution in [2.24, 2.45) is 0 Å². The Hall–Kier alpha value is -1.82. The second-order valence-electron chi connectivity index (χ2n) is 3.78. The van der Waals surface area contributed by atoms with Crippen molar-refractivity contribution in [3.05, 3.63) is 29.3 Å². The molecule has 76 valence electrons. The van der Waals surface area contributed by atoms with Crippen LogP contribution in [0.3, 0.4) is 0 Å². The lowest BCUT2D eigenvalue weighted by Crippen LogP contribution is -2.24. The average molecular weight is 200 g/mol. The Kier molecular flexibility index (Phi) is 2.42. The van der Waals surface area contributed by atoms with E-state index in [4.69, 9.17) is 5.26 Å². The Morgan fingerprint density at radius 2 is 2.27 bits per heavy atom. The summed E-state index contributed by atoms with van der Waals surface area (Å²) in [4.78, 5) is 13.3. The molecule has 1 aliphatic heterocycles. The van der Waals surface area contributed by atoms with Crippen molar-refractivity contribution in [3.63, 3.8) is 0 Å². The van der Waals surface area contributed by atoms with E-state index in [1.54, 1.807) is 11.0 Å². The molecule has 1 aliphatic rings. The third kappa shape index (κ3) is 1.71. The first kappa shape index (κ1) is 9.72. The van der Waals surface area contributed by atoms with E-state index >= 15 is 0 Å².